The lowest BCUT2D eigenvalue weighted by atomic mass is 10.1. The zero-order chi connectivity index (χ0) is 15.5. The van der Waals surface area contributed by atoms with Crippen molar-refractivity contribution in [3.05, 3.63) is 65.7 Å². The summed E-state index contributed by atoms with van der Waals surface area (Å²) in [4.78, 5) is 12.1. The maximum absolute atomic E-state index is 12.1. The Labute approximate surface area is 129 Å². The first-order valence-corrected chi connectivity index (χ1v) is 7.33. The van der Waals surface area contributed by atoms with E-state index in [1.807, 2.05) is 24.3 Å². The van der Waals surface area contributed by atoms with Gasteiger partial charge in [-0.25, -0.2) is 5.43 Å². The highest BCUT2D eigenvalue weighted by Crippen LogP contribution is 2.47. The van der Waals surface area contributed by atoms with Gasteiger partial charge in [0.1, 0.15) is 5.75 Å². The normalized spacial score (nSPS) is 20.5. The van der Waals surface area contributed by atoms with Crippen molar-refractivity contribution in [2.24, 2.45) is 11.0 Å². The van der Waals surface area contributed by atoms with E-state index in [1.165, 1.54) is 5.56 Å². The molecule has 4 heteroatoms. The third kappa shape index (κ3) is 3.17. The number of hydrogen-bond donors (Lipinski definition) is 2. The first-order chi connectivity index (χ1) is 10.6. The highest BCUT2D eigenvalue weighted by Gasteiger charge is 2.43. The van der Waals surface area contributed by atoms with Crippen LogP contribution < -0.4 is 5.43 Å². The fourth-order valence-electron chi connectivity index (χ4n) is 2.57. The Hall–Kier alpha value is -2.62. The Morgan fingerprint density at radius 2 is 1.95 bits per heavy atom. The minimum atomic E-state index is -0.0478. The minimum Gasteiger partial charge on any atom is -0.508 e. The Balaban J connectivity index is 1.60. The summed E-state index contributed by atoms with van der Waals surface area (Å²) < 4.78 is 0. The molecule has 0 aromatic heterocycles. The van der Waals surface area contributed by atoms with Crippen LogP contribution in [0.3, 0.4) is 0 Å². The molecule has 2 aromatic rings. The second-order valence-electron chi connectivity index (χ2n) is 5.58. The Kier molecular flexibility index (Phi) is 3.92. The summed E-state index contributed by atoms with van der Waals surface area (Å²) in [6, 6.07) is 16.9. The minimum absolute atomic E-state index is 0.00289. The molecule has 0 radical (unpaired) electrons. The van der Waals surface area contributed by atoms with Crippen molar-refractivity contribution in [2.75, 3.05) is 0 Å². The summed E-state index contributed by atoms with van der Waals surface area (Å²) in [6.45, 7) is 1.80. The molecule has 1 aliphatic rings. The molecule has 4 nitrogen and oxygen atoms in total. The largest absolute Gasteiger partial charge is 0.508 e. The summed E-state index contributed by atoms with van der Waals surface area (Å²) in [5.41, 5.74) is 5.29. The third-order valence-corrected chi connectivity index (χ3v) is 3.95. The van der Waals surface area contributed by atoms with E-state index in [9.17, 15) is 9.90 Å². The molecule has 2 aromatic carbocycles. The molecule has 2 atom stereocenters. The predicted molar refractivity (Wildman–Crippen MR) is 85.8 cm³/mol. The lowest BCUT2D eigenvalue weighted by Crippen LogP contribution is -2.21. The summed E-state index contributed by atoms with van der Waals surface area (Å²) >= 11 is 0. The molecular formula is C18H18N2O2. The number of nitrogens with zero attached hydrogens (tertiary/aromatic N) is 1. The van der Waals surface area contributed by atoms with Crippen molar-refractivity contribution in [2.45, 2.75) is 19.3 Å². The van der Waals surface area contributed by atoms with E-state index in [2.05, 4.69) is 22.7 Å². The van der Waals surface area contributed by atoms with Crippen molar-refractivity contribution < 1.29 is 9.90 Å². The maximum atomic E-state index is 12.1. The lowest BCUT2D eigenvalue weighted by molar-refractivity contribution is -0.122. The number of aromatic hydroxyl groups is 1. The van der Waals surface area contributed by atoms with Crippen molar-refractivity contribution >= 4 is 11.6 Å². The van der Waals surface area contributed by atoms with Crippen LogP contribution in [0.1, 0.15) is 30.4 Å². The first-order valence-electron chi connectivity index (χ1n) is 7.33. The van der Waals surface area contributed by atoms with Crippen LogP contribution in [-0.2, 0) is 4.79 Å². The Morgan fingerprint density at radius 1 is 1.18 bits per heavy atom. The fraction of sp³-hybridized carbons (Fsp3) is 0.222. The molecule has 0 aliphatic heterocycles. The molecule has 112 valence electrons. The van der Waals surface area contributed by atoms with Gasteiger partial charge in [-0.1, -0.05) is 42.5 Å². The number of carbonyl (C=O) groups excluding carboxylic acids is 1. The topological polar surface area (TPSA) is 61.7 Å². The van der Waals surface area contributed by atoms with Crippen molar-refractivity contribution in [3.8, 4) is 5.75 Å². The van der Waals surface area contributed by atoms with Crippen molar-refractivity contribution in [3.63, 3.8) is 0 Å². The first kappa shape index (κ1) is 14.3. The van der Waals surface area contributed by atoms with Gasteiger partial charge in [-0.3, -0.25) is 4.79 Å². The molecular weight excluding hydrogens is 276 g/mol. The van der Waals surface area contributed by atoms with Crippen LogP contribution in [0, 0.1) is 5.92 Å². The standard InChI is InChI=1S/C18H18N2O2/c1-12(14-8-5-9-15(21)10-14)19-20-18(22)17-11-16(17)13-6-3-2-4-7-13/h2-10,16-17,21H,11H2,1H3,(H,20,22)/b19-12-/t16-,17+/m0/s1. The molecule has 0 saturated heterocycles. The van der Waals surface area contributed by atoms with E-state index in [0.717, 1.165) is 12.0 Å². The highest BCUT2D eigenvalue weighted by atomic mass is 16.3. The van der Waals surface area contributed by atoms with E-state index in [0.29, 0.717) is 11.6 Å². The van der Waals surface area contributed by atoms with Crippen LogP contribution in [0.4, 0.5) is 0 Å². The monoisotopic (exact) mass is 294 g/mol. The number of carbonyl (C=O) groups is 1. The van der Waals surface area contributed by atoms with Crippen molar-refractivity contribution in [1.82, 2.24) is 5.43 Å². The van der Waals surface area contributed by atoms with E-state index in [4.69, 9.17) is 0 Å². The molecule has 0 bridgehead atoms. The number of phenolic OH excluding ortho intramolecular Hbond substituents is 1. The molecule has 0 heterocycles. The van der Waals surface area contributed by atoms with Gasteiger partial charge in [0.25, 0.3) is 0 Å². The molecule has 1 saturated carbocycles. The van der Waals surface area contributed by atoms with E-state index < -0.39 is 0 Å². The van der Waals surface area contributed by atoms with Crippen LogP contribution in [0.25, 0.3) is 0 Å². The molecule has 0 unspecified atom stereocenters. The van der Waals surface area contributed by atoms with Crippen molar-refractivity contribution in [1.29, 1.82) is 0 Å². The fourth-order valence-corrected chi connectivity index (χ4v) is 2.57. The van der Waals surface area contributed by atoms with Crippen LogP contribution in [0.15, 0.2) is 59.7 Å². The SMILES string of the molecule is C/C(=N/NC(=O)[C@@H]1C[C@H]1c1ccccc1)c1cccc(O)c1. The Bertz CT molecular complexity index is 710. The quantitative estimate of drug-likeness (QED) is 0.672. The summed E-state index contributed by atoms with van der Waals surface area (Å²) in [5, 5.41) is 13.6. The zero-order valence-electron chi connectivity index (χ0n) is 12.4. The van der Waals surface area contributed by atoms with Gasteiger partial charge in [0.2, 0.25) is 5.91 Å². The van der Waals surface area contributed by atoms with Crippen LogP contribution >= 0.6 is 0 Å². The van der Waals surface area contributed by atoms with Gasteiger partial charge in [-0.15, -0.1) is 0 Å². The van der Waals surface area contributed by atoms with Gasteiger partial charge in [-0.2, -0.15) is 5.10 Å². The summed E-state index contributed by atoms with van der Waals surface area (Å²) in [6.07, 6.45) is 0.872. The predicted octanol–water partition coefficient (Wildman–Crippen LogP) is 3.04. The van der Waals surface area contributed by atoms with Gasteiger partial charge in [0.05, 0.1) is 5.71 Å². The van der Waals surface area contributed by atoms with Crippen LogP contribution in [0.5, 0.6) is 5.75 Å². The highest BCUT2D eigenvalue weighted by molar-refractivity contribution is 5.99. The van der Waals surface area contributed by atoms with Crippen LogP contribution in [0.2, 0.25) is 0 Å². The van der Waals surface area contributed by atoms with Gasteiger partial charge in [0, 0.05) is 11.5 Å². The van der Waals surface area contributed by atoms with Gasteiger partial charge in [-0.05, 0) is 37.0 Å². The second-order valence-corrected chi connectivity index (χ2v) is 5.58. The average molecular weight is 294 g/mol. The summed E-state index contributed by atoms with van der Waals surface area (Å²) in [5.74, 6) is 0.443. The van der Waals surface area contributed by atoms with Gasteiger partial charge in [0.15, 0.2) is 0 Å². The van der Waals surface area contributed by atoms with Crippen LogP contribution in [-0.4, -0.2) is 16.7 Å². The number of phenols is 1. The number of hydrogen-bond acceptors (Lipinski definition) is 3. The second kappa shape index (κ2) is 6.02. The molecule has 1 aliphatic carbocycles. The average Bonchev–Trinajstić information content (AvgIpc) is 3.34. The molecule has 2 N–H and O–H groups in total. The maximum Gasteiger partial charge on any atom is 0.243 e. The van der Waals surface area contributed by atoms with Gasteiger partial charge >= 0.3 is 0 Å². The zero-order valence-corrected chi connectivity index (χ0v) is 12.4. The van der Waals surface area contributed by atoms with E-state index in [1.54, 1.807) is 25.1 Å². The molecule has 1 fully saturated rings. The number of hydrazone groups is 1. The van der Waals surface area contributed by atoms with Gasteiger partial charge < -0.3 is 5.11 Å². The number of rotatable bonds is 4. The third-order valence-electron chi connectivity index (χ3n) is 3.95. The number of benzene rings is 2. The Morgan fingerprint density at radius 3 is 2.68 bits per heavy atom. The lowest BCUT2D eigenvalue weighted by Gasteiger charge is -2.03. The molecule has 3 rings (SSSR count). The summed E-state index contributed by atoms with van der Waals surface area (Å²) in [7, 11) is 0. The number of amides is 1. The molecule has 22 heavy (non-hydrogen) atoms. The van der Waals surface area contributed by atoms with E-state index in [-0.39, 0.29) is 17.6 Å². The smallest absolute Gasteiger partial charge is 0.243 e. The number of nitrogens with one attached hydrogen (secondary N) is 1. The molecule has 1 amide bonds. The molecule has 0 spiro atoms. The van der Waals surface area contributed by atoms with E-state index >= 15 is 0 Å².